The van der Waals surface area contributed by atoms with Crippen molar-refractivity contribution in [1.29, 1.82) is 0 Å². The smallest absolute Gasteiger partial charge is 0.0647 e. The molecule has 1 N–H and O–H groups in total. The van der Waals surface area contributed by atoms with Crippen LogP contribution in [0, 0.1) is 13.8 Å². The van der Waals surface area contributed by atoms with E-state index in [0.29, 0.717) is 0 Å². The van der Waals surface area contributed by atoms with Gasteiger partial charge in [-0.3, -0.25) is 4.68 Å². The molecule has 0 saturated carbocycles. The van der Waals surface area contributed by atoms with Crippen LogP contribution >= 0.6 is 11.6 Å². The van der Waals surface area contributed by atoms with Crippen LogP contribution in [-0.4, -0.2) is 16.3 Å². The third kappa shape index (κ3) is 2.67. The van der Waals surface area contributed by atoms with Gasteiger partial charge in [0.1, 0.15) is 0 Å². The molecular formula is C15H20ClN3. The monoisotopic (exact) mass is 277 g/mol. The van der Waals surface area contributed by atoms with Gasteiger partial charge in [0.25, 0.3) is 0 Å². The average molecular weight is 278 g/mol. The number of nitrogens with zero attached hydrogens (tertiary/aromatic N) is 2. The molecule has 0 spiro atoms. The predicted molar refractivity (Wildman–Crippen MR) is 79.7 cm³/mol. The van der Waals surface area contributed by atoms with Crippen molar-refractivity contribution in [2.75, 3.05) is 6.54 Å². The van der Waals surface area contributed by atoms with Crippen molar-refractivity contribution < 1.29 is 0 Å². The van der Waals surface area contributed by atoms with Crippen LogP contribution in [0.25, 0.3) is 0 Å². The van der Waals surface area contributed by atoms with Crippen molar-refractivity contribution in [2.24, 2.45) is 7.05 Å². The number of rotatable bonds is 4. The van der Waals surface area contributed by atoms with E-state index in [9.17, 15) is 0 Å². The van der Waals surface area contributed by atoms with Gasteiger partial charge in [-0.2, -0.15) is 5.10 Å². The summed E-state index contributed by atoms with van der Waals surface area (Å²) >= 11 is 6.35. The lowest BCUT2D eigenvalue weighted by molar-refractivity contribution is 0.623. The second kappa shape index (κ2) is 5.76. The van der Waals surface area contributed by atoms with Crippen LogP contribution in [0.1, 0.15) is 35.5 Å². The summed E-state index contributed by atoms with van der Waals surface area (Å²) in [6.45, 7) is 7.12. The maximum absolute atomic E-state index is 6.35. The molecule has 0 amide bonds. The summed E-state index contributed by atoms with van der Waals surface area (Å²) in [5.41, 5.74) is 4.54. The maximum atomic E-state index is 6.35. The zero-order valence-electron chi connectivity index (χ0n) is 11.9. The first-order valence-electron chi connectivity index (χ1n) is 6.54. The molecule has 0 radical (unpaired) electrons. The third-order valence-corrected chi connectivity index (χ3v) is 3.82. The number of aromatic nitrogens is 2. The maximum Gasteiger partial charge on any atom is 0.0647 e. The lowest BCUT2D eigenvalue weighted by Crippen LogP contribution is -2.23. The van der Waals surface area contributed by atoms with Crippen LogP contribution in [0.15, 0.2) is 24.3 Å². The van der Waals surface area contributed by atoms with Crippen molar-refractivity contribution >= 4 is 11.6 Å². The minimum Gasteiger partial charge on any atom is -0.306 e. The minimum atomic E-state index is 0.0902. The first-order valence-corrected chi connectivity index (χ1v) is 6.92. The van der Waals surface area contributed by atoms with E-state index < -0.39 is 0 Å². The van der Waals surface area contributed by atoms with Gasteiger partial charge >= 0.3 is 0 Å². The Morgan fingerprint density at radius 3 is 2.53 bits per heavy atom. The van der Waals surface area contributed by atoms with Crippen LogP contribution in [-0.2, 0) is 7.05 Å². The Hall–Kier alpha value is -1.32. The van der Waals surface area contributed by atoms with Gasteiger partial charge in [-0.05, 0) is 32.0 Å². The van der Waals surface area contributed by atoms with E-state index in [1.165, 1.54) is 11.3 Å². The number of benzene rings is 1. The summed E-state index contributed by atoms with van der Waals surface area (Å²) in [7, 11) is 1.97. The third-order valence-electron chi connectivity index (χ3n) is 3.48. The van der Waals surface area contributed by atoms with Gasteiger partial charge in [-0.25, -0.2) is 0 Å². The van der Waals surface area contributed by atoms with Crippen LogP contribution in [0.3, 0.4) is 0 Å². The summed E-state index contributed by atoms with van der Waals surface area (Å²) in [4.78, 5) is 0. The van der Waals surface area contributed by atoms with Crippen LogP contribution < -0.4 is 5.32 Å². The van der Waals surface area contributed by atoms with E-state index in [1.54, 1.807) is 0 Å². The number of aryl methyl sites for hydroxylation is 2. The highest BCUT2D eigenvalue weighted by atomic mass is 35.5. The Balaban J connectivity index is 2.55. The lowest BCUT2D eigenvalue weighted by atomic mass is 9.97. The van der Waals surface area contributed by atoms with Gasteiger partial charge < -0.3 is 5.32 Å². The van der Waals surface area contributed by atoms with Gasteiger partial charge in [0, 0.05) is 23.3 Å². The summed E-state index contributed by atoms with van der Waals surface area (Å²) < 4.78 is 1.92. The quantitative estimate of drug-likeness (QED) is 0.928. The number of nitrogens with one attached hydrogen (secondary N) is 1. The molecule has 0 aliphatic carbocycles. The SMILES string of the molecule is CCNC(c1ccccc1Cl)c1c(C)nn(C)c1C. The first-order chi connectivity index (χ1) is 9.06. The fraction of sp³-hybridized carbons (Fsp3) is 0.400. The first kappa shape index (κ1) is 14.1. The van der Waals surface area contributed by atoms with E-state index in [4.69, 9.17) is 11.6 Å². The van der Waals surface area contributed by atoms with E-state index in [1.807, 2.05) is 36.9 Å². The molecule has 0 aliphatic heterocycles. The van der Waals surface area contributed by atoms with Gasteiger partial charge in [-0.1, -0.05) is 36.7 Å². The predicted octanol–water partition coefficient (Wildman–Crippen LogP) is 3.39. The van der Waals surface area contributed by atoms with Crippen LogP contribution in [0.4, 0.5) is 0 Å². The number of halogens is 1. The Labute approximate surface area is 119 Å². The Kier molecular flexibility index (Phi) is 4.27. The average Bonchev–Trinajstić information content (AvgIpc) is 2.62. The Bertz CT molecular complexity index is 575. The molecule has 1 aromatic heterocycles. The number of hydrogen-bond donors (Lipinski definition) is 1. The van der Waals surface area contributed by atoms with Crippen LogP contribution in [0.2, 0.25) is 5.02 Å². The van der Waals surface area contributed by atoms with E-state index in [0.717, 1.165) is 22.8 Å². The summed E-state index contributed by atoms with van der Waals surface area (Å²) in [6, 6.07) is 8.07. The molecule has 1 unspecified atom stereocenters. The van der Waals surface area contributed by atoms with Crippen molar-refractivity contribution in [2.45, 2.75) is 26.8 Å². The molecule has 3 nitrogen and oxygen atoms in total. The fourth-order valence-corrected chi connectivity index (χ4v) is 2.73. The second-order valence-corrected chi connectivity index (χ2v) is 5.13. The summed E-state index contributed by atoms with van der Waals surface area (Å²) in [6.07, 6.45) is 0. The molecule has 1 heterocycles. The van der Waals surface area contributed by atoms with Crippen molar-refractivity contribution in [3.63, 3.8) is 0 Å². The van der Waals surface area contributed by atoms with Crippen molar-refractivity contribution in [3.05, 3.63) is 51.8 Å². The topological polar surface area (TPSA) is 29.9 Å². The fourth-order valence-electron chi connectivity index (χ4n) is 2.49. The van der Waals surface area contributed by atoms with E-state index in [2.05, 4.69) is 30.3 Å². The highest BCUT2D eigenvalue weighted by Crippen LogP contribution is 2.31. The molecule has 2 rings (SSSR count). The molecular weight excluding hydrogens is 258 g/mol. The van der Waals surface area contributed by atoms with Crippen LogP contribution in [0.5, 0.6) is 0 Å². The molecule has 2 aromatic rings. The van der Waals surface area contributed by atoms with E-state index >= 15 is 0 Å². The Morgan fingerprint density at radius 2 is 2.00 bits per heavy atom. The molecule has 0 aliphatic rings. The molecule has 1 atom stereocenters. The Morgan fingerprint density at radius 1 is 1.32 bits per heavy atom. The molecule has 4 heteroatoms. The van der Waals surface area contributed by atoms with Gasteiger partial charge in [-0.15, -0.1) is 0 Å². The standard InChI is InChI=1S/C15H20ClN3/c1-5-17-15(12-8-6-7-9-13(12)16)14-10(2)18-19(4)11(14)3/h6-9,15,17H,5H2,1-4H3. The lowest BCUT2D eigenvalue weighted by Gasteiger charge is -2.20. The largest absolute Gasteiger partial charge is 0.306 e. The minimum absolute atomic E-state index is 0.0902. The highest BCUT2D eigenvalue weighted by molar-refractivity contribution is 6.31. The molecule has 0 saturated heterocycles. The summed E-state index contributed by atoms with van der Waals surface area (Å²) in [5.74, 6) is 0. The molecule has 102 valence electrons. The second-order valence-electron chi connectivity index (χ2n) is 4.72. The normalized spacial score (nSPS) is 12.7. The molecule has 1 aromatic carbocycles. The number of hydrogen-bond acceptors (Lipinski definition) is 2. The van der Waals surface area contributed by atoms with E-state index in [-0.39, 0.29) is 6.04 Å². The van der Waals surface area contributed by atoms with Gasteiger partial charge in [0.15, 0.2) is 0 Å². The zero-order chi connectivity index (χ0) is 14.0. The van der Waals surface area contributed by atoms with Gasteiger partial charge in [0.05, 0.1) is 11.7 Å². The van der Waals surface area contributed by atoms with Crippen molar-refractivity contribution in [3.8, 4) is 0 Å². The zero-order valence-corrected chi connectivity index (χ0v) is 12.6. The highest BCUT2D eigenvalue weighted by Gasteiger charge is 2.22. The molecule has 0 bridgehead atoms. The molecule has 0 fully saturated rings. The van der Waals surface area contributed by atoms with Gasteiger partial charge in [0.2, 0.25) is 0 Å². The molecule has 19 heavy (non-hydrogen) atoms. The summed E-state index contributed by atoms with van der Waals surface area (Å²) in [5, 5.41) is 8.80. The van der Waals surface area contributed by atoms with Crippen molar-refractivity contribution in [1.82, 2.24) is 15.1 Å².